The first-order valence-corrected chi connectivity index (χ1v) is 5.70. The van der Waals surface area contributed by atoms with Gasteiger partial charge in [0, 0.05) is 12.1 Å². The summed E-state index contributed by atoms with van der Waals surface area (Å²) in [5, 5.41) is 7.86. The van der Waals surface area contributed by atoms with Gasteiger partial charge in [-0.1, -0.05) is 6.07 Å². The molecule has 0 atom stereocenters. The Labute approximate surface area is 105 Å². The fourth-order valence-corrected chi connectivity index (χ4v) is 1.59. The Hall–Kier alpha value is -2.01. The van der Waals surface area contributed by atoms with E-state index in [9.17, 15) is 4.39 Å². The highest BCUT2D eigenvalue weighted by Crippen LogP contribution is 2.27. The van der Waals surface area contributed by atoms with E-state index in [1.54, 1.807) is 30.3 Å². The molecule has 0 fully saturated rings. The molecule has 0 spiro atoms. The molecule has 1 aromatic heterocycles. The third-order valence-electron chi connectivity index (χ3n) is 2.47. The minimum atomic E-state index is -0.422. The maximum Gasteiger partial charge on any atom is 0.174 e. The number of benzene rings is 1. The average molecular weight is 247 g/mol. The molecule has 0 aliphatic heterocycles. The number of nitrogens with two attached hydrogens (primary N) is 1. The Morgan fingerprint density at radius 1 is 1.22 bits per heavy atom. The highest BCUT2D eigenvalue weighted by molar-refractivity contribution is 5.61. The van der Waals surface area contributed by atoms with Crippen LogP contribution in [0.3, 0.4) is 0 Å². The van der Waals surface area contributed by atoms with Crippen LogP contribution in [0.15, 0.2) is 30.3 Å². The van der Waals surface area contributed by atoms with Crippen LogP contribution in [0.25, 0.3) is 11.3 Å². The first-order valence-electron chi connectivity index (χ1n) is 5.70. The first kappa shape index (κ1) is 12.4. The zero-order valence-electron chi connectivity index (χ0n) is 10.1. The molecule has 18 heavy (non-hydrogen) atoms. The second-order valence-electron chi connectivity index (χ2n) is 3.66. The van der Waals surface area contributed by atoms with Crippen molar-refractivity contribution in [2.45, 2.75) is 13.5 Å². The number of nitrogens with zero attached hydrogens (tertiary/aromatic N) is 2. The molecule has 4 nitrogen and oxygen atoms in total. The monoisotopic (exact) mass is 247 g/mol. The van der Waals surface area contributed by atoms with Gasteiger partial charge in [-0.2, -0.15) is 10.2 Å². The number of ether oxygens (including phenoxy) is 1. The van der Waals surface area contributed by atoms with Crippen LogP contribution in [0.2, 0.25) is 0 Å². The van der Waals surface area contributed by atoms with Gasteiger partial charge in [-0.25, -0.2) is 4.39 Å². The van der Waals surface area contributed by atoms with Crippen molar-refractivity contribution in [1.29, 1.82) is 0 Å². The average Bonchev–Trinajstić information content (AvgIpc) is 2.42. The molecular weight excluding hydrogens is 233 g/mol. The predicted octanol–water partition coefficient (Wildman–Crippen LogP) is 2.14. The number of halogens is 1. The molecular formula is C13H14FN3O. The van der Waals surface area contributed by atoms with Crippen LogP contribution in [0.5, 0.6) is 5.75 Å². The Kier molecular flexibility index (Phi) is 3.84. The normalized spacial score (nSPS) is 10.4. The summed E-state index contributed by atoms with van der Waals surface area (Å²) in [7, 11) is 0. The van der Waals surface area contributed by atoms with Gasteiger partial charge in [0.2, 0.25) is 0 Å². The van der Waals surface area contributed by atoms with Gasteiger partial charge in [0.25, 0.3) is 0 Å². The van der Waals surface area contributed by atoms with E-state index < -0.39 is 5.82 Å². The van der Waals surface area contributed by atoms with Gasteiger partial charge in [-0.05, 0) is 31.2 Å². The molecule has 0 saturated heterocycles. The van der Waals surface area contributed by atoms with E-state index in [0.29, 0.717) is 30.1 Å². The van der Waals surface area contributed by atoms with E-state index in [1.807, 2.05) is 6.92 Å². The lowest BCUT2D eigenvalue weighted by molar-refractivity contribution is 0.322. The van der Waals surface area contributed by atoms with Gasteiger partial charge in [0.05, 0.1) is 18.0 Å². The minimum absolute atomic E-state index is 0.222. The largest absolute Gasteiger partial charge is 0.491 e. The molecule has 0 saturated carbocycles. The maximum absolute atomic E-state index is 14.1. The van der Waals surface area contributed by atoms with Crippen LogP contribution in [-0.4, -0.2) is 16.8 Å². The molecule has 2 aromatic rings. The molecule has 2 rings (SSSR count). The molecule has 0 aliphatic rings. The molecule has 0 unspecified atom stereocenters. The summed E-state index contributed by atoms with van der Waals surface area (Å²) in [6.45, 7) is 2.54. The number of aromatic nitrogens is 2. The summed E-state index contributed by atoms with van der Waals surface area (Å²) < 4.78 is 19.3. The predicted molar refractivity (Wildman–Crippen MR) is 66.5 cm³/mol. The Bertz CT molecular complexity index is 528. The molecule has 0 radical (unpaired) electrons. The van der Waals surface area contributed by atoms with Gasteiger partial charge in [-0.3, -0.25) is 0 Å². The first-order chi connectivity index (χ1) is 8.76. The molecule has 1 heterocycles. The van der Waals surface area contributed by atoms with Crippen LogP contribution in [-0.2, 0) is 6.54 Å². The van der Waals surface area contributed by atoms with Crippen molar-refractivity contribution in [1.82, 2.24) is 10.2 Å². The summed E-state index contributed by atoms with van der Waals surface area (Å²) in [5.74, 6) is -0.200. The zero-order valence-corrected chi connectivity index (χ0v) is 10.1. The van der Waals surface area contributed by atoms with Crippen LogP contribution in [0.1, 0.15) is 12.6 Å². The highest BCUT2D eigenvalue weighted by Gasteiger charge is 2.12. The van der Waals surface area contributed by atoms with Crippen molar-refractivity contribution in [2.75, 3.05) is 6.61 Å². The Morgan fingerprint density at radius 2 is 2.06 bits per heavy atom. The van der Waals surface area contributed by atoms with Crippen molar-refractivity contribution >= 4 is 0 Å². The van der Waals surface area contributed by atoms with Gasteiger partial charge in [0.1, 0.15) is 0 Å². The molecule has 5 heteroatoms. The summed E-state index contributed by atoms with van der Waals surface area (Å²) >= 11 is 0. The van der Waals surface area contributed by atoms with E-state index in [-0.39, 0.29) is 5.75 Å². The van der Waals surface area contributed by atoms with Crippen molar-refractivity contribution in [2.24, 2.45) is 5.73 Å². The summed E-state index contributed by atoms with van der Waals surface area (Å²) in [4.78, 5) is 0. The summed E-state index contributed by atoms with van der Waals surface area (Å²) in [5.41, 5.74) is 6.94. The number of rotatable bonds is 4. The lowest BCUT2D eigenvalue weighted by Crippen LogP contribution is -2.02. The topological polar surface area (TPSA) is 61.0 Å². The van der Waals surface area contributed by atoms with E-state index in [2.05, 4.69) is 10.2 Å². The lowest BCUT2D eigenvalue weighted by atomic mass is 10.1. The van der Waals surface area contributed by atoms with Crippen molar-refractivity contribution in [3.05, 3.63) is 41.8 Å². The molecule has 0 amide bonds. The summed E-state index contributed by atoms with van der Waals surface area (Å²) in [6, 6.07) is 8.38. The van der Waals surface area contributed by atoms with Crippen LogP contribution >= 0.6 is 0 Å². The molecule has 0 bridgehead atoms. The number of hydrogen-bond acceptors (Lipinski definition) is 4. The fourth-order valence-electron chi connectivity index (χ4n) is 1.59. The zero-order chi connectivity index (χ0) is 13.0. The quantitative estimate of drug-likeness (QED) is 0.899. The van der Waals surface area contributed by atoms with Gasteiger partial charge in [0.15, 0.2) is 11.6 Å². The van der Waals surface area contributed by atoms with E-state index in [1.165, 1.54) is 0 Å². The third-order valence-corrected chi connectivity index (χ3v) is 2.47. The Balaban J connectivity index is 2.40. The molecule has 94 valence electrons. The molecule has 2 N–H and O–H groups in total. The number of hydrogen-bond donors (Lipinski definition) is 1. The fraction of sp³-hybridized carbons (Fsp3) is 0.231. The van der Waals surface area contributed by atoms with E-state index in [4.69, 9.17) is 10.5 Å². The van der Waals surface area contributed by atoms with Crippen LogP contribution < -0.4 is 10.5 Å². The second-order valence-corrected chi connectivity index (χ2v) is 3.66. The van der Waals surface area contributed by atoms with Crippen LogP contribution in [0, 0.1) is 5.82 Å². The third kappa shape index (κ3) is 2.46. The SMILES string of the molecule is CCOc1cccc(-c2ccc(CN)nn2)c1F. The smallest absolute Gasteiger partial charge is 0.174 e. The maximum atomic E-state index is 14.1. The van der Waals surface area contributed by atoms with Gasteiger partial charge < -0.3 is 10.5 Å². The standard InChI is InChI=1S/C13H14FN3O/c1-2-18-12-5-3-4-10(13(12)14)11-7-6-9(8-15)16-17-11/h3-7H,2,8,15H2,1H3. The van der Waals surface area contributed by atoms with Gasteiger partial charge >= 0.3 is 0 Å². The van der Waals surface area contributed by atoms with Crippen LogP contribution in [0.4, 0.5) is 4.39 Å². The summed E-state index contributed by atoms with van der Waals surface area (Å²) in [6.07, 6.45) is 0. The second kappa shape index (κ2) is 5.55. The van der Waals surface area contributed by atoms with Crippen molar-refractivity contribution in [3.63, 3.8) is 0 Å². The Morgan fingerprint density at radius 3 is 2.67 bits per heavy atom. The van der Waals surface area contributed by atoms with Crippen molar-refractivity contribution in [3.8, 4) is 17.0 Å². The lowest BCUT2D eigenvalue weighted by Gasteiger charge is -2.08. The minimum Gasteiger partial charge on any atom is -0.491 e. The van der Waals surface area contributed by atoms with Crippen molar-refractivity contribution < 1.29 is 9.13 Å². The molecule has 1 aromatic carbocycles. The highest BCUT2D eigenvalue weighted by atomic mass is 19.1. The van der Waals surface area contributed by atoms with E-state index in [0.717, 1.165) is 0 Å². The van der Waals surface area contributed by atoms with E-state index >= 15 is 0 Å². The molecule has 0 aliphatic carbocycles. The van der Waals surface area contributed by atoms with Gasteiger partial charge in [-0.15, -0.1) is 0 Å².